The molecule has 2 nitrogen and oxygen atoms in total. The molecule has 0 bridgehead atoms. The third kappa shape index (κ3) is 0.916. The van der Waals surface area contributed by atoms with Gasteiger partial charge >= 0.3 is 6.18 Å². The van der Waals surface area contributed by atoms with E-state index >= 15 is 0 Å². The Morgan fingerprint density at radius 1 is 1.38 bits per heavy atom. The topological polar surface area (TPSA) is 40.5 Å². The summed E-state index contributed by atoms with van der Waals surface area (Å²) in [4.78, 5) is 0. The molecule has 0 spiro atoms. The van der Waals surface area contributed by atoms with Crippen LogP contribution in [0.15, 0.2) is 0 Å². The van der Waals surface area contributed by atoms with Gasteiger partial charge < -0.3 is 10.2 Å². The van der Waals surface area contributed by atoms with E-state index in [1.54, 1.807) is 0 Å². The van der Waals surface area contributed by atoms with Crippen LogP contribution in [0.4, 0.5) is 13.2 Å². The van der Waals surface area contributed by atoms with E-state index in [1.165, 1.54) is 6.92 Å². The Bertz CT molecular complexity index is 240. The molecule has 5 atom stereocenters. The van der Waals surface area contributed by atoms with Crippen molar-refractivity contribution >= 4 is 0 Å². The summed E-state index contributed by atoms with van der Waals surface area (Å²) < 4.78 is 37.5. The molecule has 0 radical (unpaired) electrons. The molecule has 2 fully saturated rings. The zero-order valence-electron chi connectivity index (χ0n) is 7.04. The molecule has 1 unspecified atom stereocenters. The predicted molar refractivity (Wildman–Crippen MR) is 37.8 cm³/mol. The molecule has 5 heteroatoms. The van der Waals surface area contributed by atoms with Crippen molar-refractivity contribution in [3.8, 4) is 0 Å². The van der Waals surface area contributed by atoms with E-state index in [0.29, 0.717) is 0 Å². The standard InChI is InChI=1S/C8H11F3O2/c1-3-2-4-5(6(4)12)7(3,13)8(9,10)11/h3-6,12-13H,2H2,1H3/t3-,4+,5?,6+,7+/m1/s1. The first-order valence-electron chi connectivity index (χ1n) is 4.27. The summed E-state index contributed by atoms with van der Waals surface area (Å²) in [7, 11) is 0. The molecule has 0 amide bonds. The van der Waals surface area contributed by atoms with Gasteiger partial charge in [0.25, 0.3) is 0 Å². The van der Waals surface area contributed by atoms with Crippen LogP contribution in [-0.4, -0.2) is 28.1 Å². The van der Waals surface area contributed by atoms with E-state index in [0.717, 1.165) is 0 Å². The Kier molecular flexibility index (Phi) is 1.57. The molecule has 0 aliphatic heterocycles. The molecule has 0 heterocycles. The van der Waals surface area contributed by atoms with Crippen molar-refractivity contribution in [2.45, 2.75) is 31.2 Å². The lowest BCUT2D eigenvalue weighted by Crippen LogP contribution is -2.51. The van der Waals surface area contributed by atoms with E-state index in [9.17, 15) is 18.3 Å². The molecule has 2 rings (SSSR count). The molecule has 13 heavy (non-hydrogen) atoms. The van der Waals surface area contributed by atoms with Gasteiger partial charge in [0.15, 0.2) is 5.60 Å². The third-order valence-electron chi connectivity index (χ3n) is 3.47. The fourth-order valence-corrected chi connectivity index (χ4v) is 2.61. The maximum absolute atomic E-state index is 12.5. The maximum Gasteiger partial charge on any atom is 0.417 e. The first-order valence-corrected chi connectivity index (χ1v) is 4.27. The molecule has 2 aliphatic rings. The second-order valence-corrected chi connectivity index (χ2v) is 4.14. The van der Waals surface area contributed by atoms with E-state index in [2.05, 4.69) is 0 Å². The van der Waals surface area contributed by atoms with Crippen LogP contribution in [0.2, 0.25) is 0 Å². The van der Waals surface area contributed by atoms with Gasteiger partial charge in [-0.25, -0.2) is 0 Å². The minimum absolute atomic E-state index is 0.266. The Morgan fingerprint density at radius 2 is 1.92 bits per heavy atom. The highest BCUT2D eigenvalue weighted by atomic mass is 19.4. The van der Waals surface area contributed by atoms with Crippen molar-refractivity contribution < 1.29 is 23.4 Å². The van der Waals surface area contributed by atoms with Crippen molar-refractivity contribution in [1.82, 2.24) is 0 Å². The highest BCUT2D eigenvalue weighted by Gasteiger charge is 2.77. The lowest BCUT2D eigenvalue weighted by molar-refractivity contribution is -0.282. The molecular formula is C8H11F3O2. The summed E-state index contributed by atoms with van der Waals surface area (Å²) in [6, 6.07) is 0. The summed E-state index contributed by atoms with van der Waals surface area (Å²) in [6.07, 6.45) is -5.31. The average molecular weight is 196 g/mol. The van der Waals surface area contributed by atoms with Crippen molar-refractivity contribution in [2.75, 3.05) is 0 Å². The van der Waals surface area contributed by atoms with Crippen molar-refractivity contribution in [2.24, 2.45) is 17.8 Å². The van der Waals surface area contributed by atoms with Crippen LogP contribution in [-0.2, 0) is 0 Å². The smallest absolute Gasteiger partial charge is 0.392 e. The van der Waals surface area contributed by atoms with Crippen LogP contribution < -0.4 is 0 Å². The summed E-state index contributed by atoms with van der Waals surface area (Å²) in [5.74, 6) is -2.13. The molecule has 2 N–H and O–H groups in total. The molecule has 0 aromatic carbocycles. The van der Waals surface area contributed by atoms with Crippen LogP contribution in [0.3, 0.4) is 0 Å². The van der Waals surface area contributed by atoms with Crippen LogP contribution in [0.5, 0.6) is 0 Å². The zero-order chi connectivity index (χ0) is 10.0. The Hall–Kier alpha value is -0.290. The molecule has 0 aromatic rings. The summed E-state index contributed by atoms with van der Waals surface area (Å²) in [5.41, 5.74) is -2.66. The SMILES string of the molecule is C[C@@H]1C[C@H]2C([C@H]2O)[C@]1(O)C(F)(F)F. The van der Waals surface area contributed by atoms with Gasteiger partial charge in [-0.3, -0.25) is 0 Å². The van der Waals surface area contributed by atoms with E-state index in [4.69, 9.17) is 5.11 Å². The van der Waals surface area contributed by atoms with Crippen LogP contribution >= 0.6 is 0 Å². The number of aliphatic hydroxyl groups is 2. The van der Waals surface area contributed by atoms with Gasteiger partial charge in [-0.15, -0.1) is 0 Å². The van der Waals surface area contributed by atoms with E-state index in [1.807, 2.05) is 0 Å². The Morgan fingerprint density at radius 3 is 2.23 bits per heavy atom. The third-order valence-corrected chi connectivity index (χ3v) is 3.47. The highest BCUT2D eigenvalue weighted by Crippen LogP contribution is 2.64. The fraction of sp³-hybridized carbons (Fsp3) is 1.00. The summed E-state index contributed by atoms with van der Waals surface area (Å²) >= 11 is 0. The van der Waals surface area contributed by atoms with Gasteiger partial charge in [-0.1, -0.05) is 6.92 Å². The average Bonchev–Trinajstić information content (AvgIpc) is 2.46. The van der Waals surface area contributed by atoms with Gasteiger partial charge in [0.2, 0.25) is 0 Å². The quantitative estimate of drug-likeness (QED) is 0.605. The summed E-state index contributed by atoms with van der Waals surface area (Å²) in [6.45, 7) is 1.38. The van der Waals surface area contributed by atoms with Gasteiger partial charge in [0.1, 0.15) is 0 Å². The fourth-order valence-electron chi connectivity index (χ4n) is 2.61. The number of aliphatic hydroxyl groups excluding tert-OH is 1. The molecule has 2 saturated carbocycles. The van der Waals surface area contributed by atoms with Crippen LogP contribution in [0.1, 0.15) is 13.3 Å². The lowest BCUT2D eigenvalue weighted by Gasteiger charge is -2.33. The number of hydrogen-bond donors (Lipinski definition) is 2. The number of halogens is 3. The highest BCUT2D eigenvalue weighted by molar-refractivity contribution is 5.19. The molecule has 2 aliphatic carbocycles. The first-order chi connectivity index (χ1) is 5.80. The van der Waals surface area contributed by atoms with Crippen molar-refractivity contribution in [1.29, 1.82) is 0 Å². The molecule has 0 aromatic heterocycles. The number of alkyl halides is 3. The minimum Gasteiger partial charge on any atom is -0.392 e. The van der Waals surface area contributed by atoms with Crippen LogP contribution in [0.25, 0.3) is 0 Å². The normalized spacial score (nSPS) is 54.9. The Labute approximate surface area is 73.4 Å². The van der Waals surface area contributed by atoms with Crippen LogP contribution in [0, 0.1) is 17.8 Å². The van der Waals surface area contributed by atoms with E-state index < -0.39 is 29.7 Å². The second-order valence-electron chi connectivity index (χ2n) is 4.14. The van der Waals surface area contributed by atoms with Crippen molar-refractivity contribution in [3.63, 3.8) is 0 Å². The number of rotatable bonds is 0. The second kappa shape index (κ2) is 2.20. The Balaban J connectivity index is 2.30. The number of hydrogen-bond acceptors (Lipinski definition) is 2. The minimum atomic E-state index is -4.62. The van der Waals surface area contributed by atoms with Gasteiger partial charge in [-0.05, 0) is 18.3 Å². The molecule has 0 saturated heterocycles. The summed E-state index contributed by atoms with van der Waals surface area (Å²) in [5, 5.41) is 18.6. The molecular weight excluding hydrogens is 185 g/mol. The van der Waals surface area contributed by atoms with Gasteiger partial charge in [0.05, 0.1) is 6.10 Å². The maximum atomic E-state index is 12.5. The van der Waals surface area contributed by atoms with Crippen molar-refractivity contribution in [3.05, 3.63) is 0 Å². The lowest BCUT2D eigenvalue weighted by atomic mass is 9.86. The first kappa shape index (κ1) is 9.27. The monoisotopic (exact) mass is 196 g/mol. The predicted octanol–water partition coefficient (Wildman–Crippen LogP) is 0.927. The van der Waals surface area contributed by atoms with E-state index in [-0.39, 0.29) is 12.3 Å². The molecule has 76 valence electrons. The van der Waals surface area contributed by atoms with Gasteiger partial charge in [-0.2, -0.15) is 13.2 Å². The number of fused-ring (bicyclic) bond motifs is 1. The zero-order valence-corrected chi connectivity index (χ0v) is 7.04. The van der Waals surface area contributed by atoms with Gasteiger partial charge in [0, 0.05) is 5.92 Å². The largest absolute Gasteiger partial charge is 0.417 e.